The van der Waals surface area contributed by atoms with Crippen molar-refractivity contribution in [3.63, 3.8) is 0 Å². The highest BCUT2D eigenvalue weighted by Gasteiger charge is 2.36. The molecule has 3 aromatic rings. The van der Waals surface area contributed by atoms with E-state index in [9.17, 15) is 14.4 Å². The molecule has 3 amide bonds. The van der Waals surface area contributed by atoms with E-state index < -0.39 is 17.1 Å². The number of halogens is 2. The van der Waals surface area contributed by atoms with Crippen LogP contribution in [-0.4, -0.2) is 28.5 Å². The number of thioether (sulfide) groups is 1. The number of rotatable bonds is 7. The molecule has 0 atom stereocenters. The van der Waals surface area contributed by atoms with E-state index in [1.165, 1.54) is 0 Å². The quantitative estimate of drug-likeness (QED) is 0.378. The molecule has 34 heavy (non-hydrogen) atoms. The Bertz CT molecular complexity index is 1260. The van der Waals surface area contributed by atoms with E-state index in [2.05, 4.69) is 5.32 Å². The third-order valence-electron chi connectivity index (χ3n) is 4.82. The lowest BCUT2D eigenvalue weighted by Gasteiger charge is -2.12. The summed E-state index contributed by atoms with van der Waals surface area (Å²) in [4.78, 5) is 38.4. The average Bonchev–Trinajstić information content (AvgIpc) is 3.07. The molecule has 0 spiro atoms. The van der Waals surface area contributed by atoms with Gasteiger partial charge in [0, 0.05) is 21.3 Å². The van der Waals surface area contributed by atoms with Crippen LogP contribution in [0.25, 0.3) is 6.08 Å². The molecule has 172 valence electrons. The largest absolute Gasteiger partial charge is 0.489 e. The Balaban J connectivity index is 1.36. The van der Waals surface area contributed by atoms with Crippen LogP contribution in [0, 0.1) is 0 Å². The SMILES string of the molecule is O=C(CN1C(=O)S/C(=C/c2ccc(OCc3ccc(Cl)cc3Cl)cc2)C1=O)Nc1ccccc1. The van der Waals surface area contributed by atoms with E-state index in [1.807, 2.05) is 6.07 Å². The van der Waals surface area contributed by atoms with Gasteiger partial charge in [-0.25, -0.2) is 0 Å². The van der Waals surface area contributed by atoms with Crippen LogP contribution in [0.1, 0.15) is 11.1 Å². The maximum atomic E-state index is 12.7. The summed E-state index contributed by atoms with van der Waals surface area (Å²) in [6.07, 6.45) is 1.61. The summed E-state index contributed by atoms with van der Waals surface area (Å²) in [7, 11) is 0. The minimum absolute atomic E-state index is 0.249. The number of para-hydroxylation sites is 1. The van der Waals surface area contributed by atoms with Gasteiger partial charge in [-0.2, -0.15) is 0 Å². The summed E-state index contributed by atoms with van der Waals surface area (Å²) < 4.78 is 5.76. The molecule has 6 nitrogen and oxygen atoms in total. The second-order valence-electron chi connectivity index (χ2n) is 7.28. The number of nitrogens with zero attached hydrogens (tertiary/aromatic N) is 1. The number of hydrogen-bond acceptors (Lipinski definition) is 5. The van der Waals surface area contributed by atoms with Crippen molar-refractivity contribution in [2.75, 3.05) is 11.9 Å². The lowest BCUT2D eigenvalue weighted by molar-refractivity contribution is -0.127. The minimum Gasteiger partial charge on any atom is -0.489 e. The Morgan fingerprint density at radius 1 is 1.00 bits per heavy atom. The second kappa shape index (κ2) is 10.8. The van der Waals surface area contributed by atoms with Crippen LogP contribution in [0.5, 0.6) is 5.75 Å². The van der Waals surface area contributed by atoms with Gasteiger partial charge < -0.3 is 10.1 Å². The van der Waals surface area contributed by atoms with E-state index in [0.29, 0.717) is 21.5 Å². The zero-order valence-corrected chi connectivity index (χ0v) is 20.0. The predicted molar refractivity (Wildman–Crippen MR) is 135 cm³/mol. The monoisotopic (exact) mass is 512 g/mol. The second-order valence-corrected chi connectivity index (χ2v) is 9.11. The fourth-order valence-corrected chi connectivity index (χ4v) is 4.41. The fourth-order valence-electron chi connectivity index (χ4n) is 3.11. The van der Waals surface area contributed by atoms with Crippen LogP contribution < -0.4 is 10.1 Å². The molecular weight excluding hydrogens is 495 g/mol. The van der Waals surface area contributed by atoms with Crippen molar-refractivity contribution >= 4 is 63.8 Å². The van der Waals surface area contributed by atoms with Crippen molar-refractivity contribution in [1.29, 1.82) is 0 Å². The maximum Gasteiger partial charge on any atom is 0.294 e. The van der Waals surface area contributed by atoms with Gasteiger partial charge in [-0.1, -0.05) is 59.6 Å². The number of ether oxygens (including phenoxy) is 1. The van der Waals surface area contributed by atoms with Crippen molar-refractivity contribution in [3.05, 3.63) is 98.9 Å². The highest BCUT2D eigenvalue weighted by molar-refractivity contribution is 8.18. The van der Waals surface area contributed by atoms with E-state index >= 15 is 0 Å². The summed E-state index contributed by atoms with van der Waals surface area (Å²) in [6.45, 7) is -0.0732. The van der Waals surface area contributed by atoms with Crippen molar-refractivity contribution in [2.24, 2.45) is 0 Å². The first-order valence-corrected chi connectivity index (χ1v) is 11.7. The summed E-state index contributed by atoms with van der Waals surface area (Å²) in [6, 6.07) is 21.1. The predicted octanol–water partition coefficient (Wildman–Crippen LogP) is 6.25. The summed E-state index contributed by atoms with van der Waals surface area (Å²) in [5.41, 5.74) is 2.12. The number of anilines is 1. The molecule has 0 bridgehead atoms. The Morgan fingerprint density at radius 3 is 2.44 bits per heavy atom. The molecule has 1 heterocycles. The van der Waals surface area contributed by atoms with E-state index in [0.717, 1.165) is 27.8 Å². The van der Waals surface area contributed by atoms with E-state index in [4.69, 9.17) is 27.9 Å². The molecule has 1 saturated heterocycles. The average molecular weight is 513 g/mol. The first-order valence-electron chi connectivity index (χ1n) is 10.2. The van der Waals surface area contributed by atoms with Gasteiger partial charge in [0.1, 0.15) is 18.9 Å². The zero-order chi connectivity index (χ0) is 24.1. The molecule has 4 rings (SSSR count). The smallest absolute Gasteiger partial charge is 0.294 e. The number of amides is 3. The fraction of sp³-hybridized carbons (Fsp3) is 0.0800. The molecule has 1 fully saturated rings. The number of benzene rings is 3. The van der Waals surface area contributed by atoms with Crippen LogP contribution in [0.2, 0.25) is 10.0 Å². The molecule has 1 aliphatic rings. The van der Waals surface area contributed by atoms with Crippen LogP contribution in [0.3, 0.4) is 0 Å². The highest BCUT2D eigenvalue weighted by atomic mass is 35.5. The Morgan fingerprint density at radius 2 is 1.74 bits per heavy atom. The first-order chi connectivity index (χ1) is 16.4. The Hall–Kier alpha value is -3.26. The van der Waals surface area contributed by atoms with Gasteiger partial charge in [0.2, 0.25) is 5.91 Å². The molecule has 0 radical (unpaired) electrons. The molecule has 1 aliphatic heterocycles. The summed E-state index contributed by atoms with van der Waals surface area (Å²) in [5, 5.41) is 3.26. The van der Waals surface area contributed by atoms with Crippen LogP contribution in [0.4, 0.5) is 10.5 Å². The van der Waals surface area contributed by atoms with Gasteiger partial charge in [-0.05, 0) is 59.8 Å². The van der Waals surface area contributed by atoms with Crippen molar-refractivity contribution < 1.29 is 19.1 Å². The van der Waals surface area contributed by atoms with Gasteiger partial charge >= 0.3 is 0 Å². The molecule has 0 saturated carbocycles. The third-order valence-corrected chi connectivity index (χ3v) is 6.31. The summed E-state index contributed by atoms with van der Waals surface area (Å²) in [5.74, 6) is -0.332. The van der Waals surface area contributed by atoms with Crippen molar-refractivity contribution in [3.8, 4) is 5.75 Å². The number of nitrogens with one attached hydrogen (secondary N) is 1. The lowest BCUT2D eigenvalue weighted by atomic mass is 10.2. The molecule has 0 aromatic heterocycles. The van der Waals surface area contributed by atoms with E-state index in [1.54, 1.807) is 72.8 Å². The Labute approximate surface area is 210 Å². The lowest BCUT2D eigenvalue weighted by Crippen LogP contribution is -2.36. The van der Waals surface area contributed by atoms with Gasteiger partial charge in [0.15, 0.2) is 0 Å². The first kappa shape index (κ1) is 23.9. The molecule has 1 N–H and O–H groups in total. The van der Waals surface area contributed by atoms with E-state index in [-0.39, 0.29) is 18.1 Å². The minimum atomic E-state index is -0.504. The van der Waals surface area contributed by atoms with Gasteiger partial charge in [-0.3, -0.25) is 19.3 Å². The topological polar surface area (TPSA) is 75.7 Å². The van der Waals surface area contributed by atoms with Crippen molar-refractivity contribution in [2.45, 2.75) is 6.61 Å². The van der Waals surface area contributed by atoms with Crippen LogP contribution in [-0.2, 0) is 16.2 Å². The van der Waals surface area contributed by atoms with Crippen LogP contribution in [0.15, 0.2) is 77.7 Å². The van der Waals surface area contributed by atoms with Crippen LogP contribution >= 0.6 is 35.0 Å². The standard InChI is InChI=1S/C25H18Cl2N2O4S/c26-18-9-8-17(21(27)13-18)15-33-20-10-6-16(7-11-20)12-22-24(31)29(25(32)34-22)14-23(30)28-19-4-2-1-3-5-19/h1-13H,14-15H2,(H,28,30)/b22-12+. The van der Waals surface area contributed by atoms with Gasteiger partial charge in [-0.15, -0.1) is 0 Å². The molecule has 9 heteroatoms. The number of hydrogen-bond donors (Lipinski definition) is 1. The number of carbonyl (C=O) groups excluding carboxylic acids is 3. The molecule has 0 unspecified atom stereocenters. The molecule has 0 aliphatic carbocycles. The normalized spacial score (nSPS) is 14.5. The molecular formula is C25H18Cl2N2O4S. The Kier molecular flexibility index (Phi) is 7.57. The van der Waals surface area contributed by atoms with Gasteiger partial charge in [0.25, 0.3) is 11.1 Å². The maximum absolute atomic E-state index is 12.7. The highest BCUT2D eigenvalue weighted by Crippen LogP contribution is 2.32. The third kappa shape index (κ3) is 5.99. The van der Waals surface area contributed by atoms with Gasteiger partial charge in [0.05, 0.1) is 4.91 Å². The van der Waals surface area contributed by atoms with Crippen molar-refractivity contribution in [1.82, 2.24) is 4.90 Å². The number of carbonyl (C=O) groups is 3. The number of imide groups is 1. The zero-order valence-electron chi connectivity index (χ0n) is 17.7. The molecule has 3 aromatic carbocycles. The summed E-state index contributed by atoms with van der Waals surface area (Å²) >= 11 is 12.9.